The van der Waals surface area contributed by atoms with Crippen LogP contribution in [-0.2, 0) is 4.74 Å². The monoisotopic (exact) mass is 202 g/mol. The molecule has 0 aliphatic rings. The third-order valence-electron chi connectivity index (χ3n) is 1.35. The Kier molecular flexibility index (Phi) is 4.27. The Morgan fingerprint density at radius 1 is 1.57 bits per heavy atom. The van der Waals surface area contributed by atoms with Gasteiger partial charge in [0.1, 0.15) is 11.4 Å². The normalized spacial score (nSPS) is 14.7. The largest absolute Gasteiger partial charge is 0.509 e. The number of carbonyl (C=O) groups is 1. The number of alkyl carbamates (subject to hydrolysis) is 1. The lowest BCUT2D eigenvalue weighted by Crippen LogP contribution is -2.38. The Morgan fingerprint density at radius 3 is 2.43 bits per heavy atom. The molecule has 0 spiro atoms. The van der Waals surface area contributed by atoms with Gasteiger partial charge in [0.2, 0.25) is 0 Å². The van der Waals surface area contributed by atoms with Crippen molar-refractivity contribution in [3.8, 4) is 0 Å². The molecule has 0 heterocycles. The first-order valence-electron chi connectivity index (χ1n) is 4.36. The lowest BCUT2D eigenvalue weighted by atomic mass is 10.2. The molecule has 1 amide bonds. The molecule has 0 aromatic rings. The number of carbonyl (C=O) groups excluding carboxylic acids is 1. The minimum Gasteiger partial charge on any atom is -0.509 e. The van der Waals surface area contributed by atoms with Crippen molar-refractivity contribution in [1.29, 1.82) is 0 Å². The van der Waals surface area contributed by atoms with Crippen molar-refractivity contribution in [2.75, 3.05) is 0 Å². The molecule has 0 bridgehead atoms. The molecule has 0 rings (SSSR count). The maximum atomic E-state index is 11.2. The van der Waals surface area contributed by atoms with Crippen LogP contribution in [0.2, 0.25) is 0 Å². The number of aliphatic hydroxyl groups excluding tert-OH is 1. The molecule has 0 saturated carbocycles. The van der Waals surface area contributed by atoms with E-state index < -0.39 is 17.7 Å². The number of rotatable bonds is 2. The highest BCUT2D eigenvalue weighted by Crippen LogP contribution is 2.07. The summed E-state index contributed by atoms with van der Waals surface area (Å²) >= 11 is 0. The molecule has 14 heavy (non-hydrogen) atoms. The summed E-state index contributed by atoms with van der Waals surface area (Å²) in [5, 5.41) is 11.6. The Morgan fingerprint density at radius 2 is 2.07 bits per heavy atom. The molecule has 5 nitrogen and oxygen atoms in total. The molecule has 5 heteroatoms. The zero-order chi connectivity index (χ0) is 11.4. The topological polar surface area (TPSA) is 84.6 Å². The van der Waals surface area contributed by atoms with Gasteiger partial charge in [-0.05, 0) is 27.7 Å². The molecule has 0 aliphatic heterocycles. The van der Waals surface area contributed by atoms with Crippen LogP contribution in [0.5, 0.6) is 0 Å². The first-order chi connectivity index (χ1) is 6.26. The van der Waals surface area contributed by atoms with Crippen LogP contribution in [0.1, 0.15) is 27.7 Å². The van der Waals surface area contributed by atoms with Gasteiger partial charge in [-0.15, -0.1) is 0 Å². The predicted octanol–water partition coefficient (Wildman–Crippen LogP) is 1.26. The van der Waals surface area contributed by atoms with Gasteiger partial charge in [-0.3, -0.25) is 0 Å². The van der Waals surface area contributed by atoms with Crippen LogP contribution in [0.3, 0.4) is 0 Å². The first-order valence-corrected chi connectivity index (χ1v) is 4.36. The van der Waals surface area contributed by atoms with Gasteiger partial charge in [-0.25, -0.2) is 4.79 Å². The molecule has 4 N–H and O–H groups in total. The summed E-state index contributed by atoms with van der Waals surface area (Å²) in [6, 6.07) is -0.546. The van der Waals surface area contributed by atoms with Crippen LogP contribution < -0.4 is 11.1 Å². The number of aliphatic hydroxyl groups is 1. The van der Waals surface area contributed by atoms with Gasteiger partial charge in [0.25, 0.3) is 0 Å². The maximum Gasteiger partial charge on any atom is 0.408 e. The first kappa shape index (κ1) is 12.6. The molecule has 0 aliphatic carbocycles. The van der Waals surface area contributed by atoms with E-state index >= 15 is 0 Å². The predicted molar refractivity (Wildman–Crippen MR) is 53.7 cm³/mol. The van der Waals surface area contributed by atoms with Gasteiger partial charge in [-0.1, -0.05) is 0 Å². The Bertz CT molecular complexity index is 231. The molecule has 82 valence electrons. The summed E-state index contributed by atoms with van der Waals surface area (Å²) in [5.41, 5.74) is 4.52. The molecule has 0 aromatic carbocycles. The van der Waals surface area contributed by atoms with E-state index in [4.69, 9.17) is 15.6 Å². The van der Waals surface area contributed by atoms with Crippen LogP contribution in [0, 0.1) is 0 Å². The number of ether oxygens (including phenoxy) is 1. The summed E-state index contributed by atoms with van der Waals surface area (Å²) in [4.78, 5) is 11.2. The van der Waals surface area contributed by atoms with E-state index in [0.29, 0.717) is 0 Å². The van der Waals surface area contributed by atoms with Crippen LogP contribution in [0.15, 0.2) is 12.0 Å². The standard InChI is InChI=1S/C9H18N2O3/c1-6(7(12)5-10)11-8(13)14-9(2,3)4/h5-6,12H,10H2,1-4H3,(H,11,13)/b7-5+. The highest BCUT2D eigenvalue weighted by molar-refractivity contribution is 5.68. The zero-order valence-electron chi connectivity index (χ0n) is 9.00. The van der Waals surface area contributed by atoms with Gasteiger partial charge in [0.15, 0.2) is 0 Å². The van der Waals surface area contributed by atoms with Crippen LogP contribution >= 0.6 is 0 Å². The number of hydrogen-bond acceptors (Lipinski definition) is 4. The van der Waals surface area contributed by atoms with E-state index in [1.807, 2.05) is 0 Å². The summed E-state index contributed by atoms with van der Waals surface area (Å²) in [6.45, 7) is 6.88. The number of hydrogen-bond donors (Lipinski definition) is 3. The summed E-state index contributed by atoms with van der Waals surface area (Å²) < 4.78 is 4.97. The number of amides is 1. The van der Waals surface area contributed by atoms with Crippen LogP contribution in [0.25, 0.3) is 0 Å². The van der Waals surface area contributed by atoms with Crippen molar-refractivity contribution in [3.05, 3.63) is 12.0 Å². The molecular weight excluding hydrogens is 184 g/mol. The second kappa shape index (κ2) is 4.74. The molecule has 0 fully saturated rings. The fourth-order valence-electron chi connectivity index (χ4n) is 0.703. The molecular formula is C9H18N2O3. The van der Waals surface area contributed by atoms with E-state index in [0.717, 1.165) is 6.20 Å². The van der Waals surface area contributed by atoms with E-state index in [-0.39, 0.29) is 5.76 Å². The summed E-state index contributed by atoms with van der Waals surface area (Å²) in [5.74, 6) is -0.101. The average Bonchev–Trinajstić information content (AvgIpc) is 1.99. The highest BCUT2D eigenvalue weighted by Gasteiger charge is 2.18. The Hall–Kier alpha value is -1.39. The van der Waals surface area contributed by atoms with E-state index in [1.165, 1.54) is 0 Å². The van der Waals surface area contributed by atoms with Crippen LogP contribution in [-0.4, -0.2) is 22.8 Å². The van der Waals surface area contributed by atoms with E-state index in [9.17, 15) is 4.79 Å². The Labute approximate surface area is 83.9 Å². The molecule has 1 atom stereocenters. The number of nitrogens with one attached hydrogen (secondary N) is 1. The highest BCUT2D eigenvalue weighted by atomic mass is 16.6. The average molecular weight is 202 g/mol. The minimum atomic E-state index is -0.585. The molecule has 1 unspecified atom stereocenters. The fourth-order valence-corrected chi connectivity index (χ4v) is 0.703. The van der Waals surface area contributed by atoms with Gasteiger partial charge >= 0.3 is 6.09 Å². The van der Waals surface area contributed by atoms with Crippen molar-refractivity contribution < 1.29 is 14.6 Å². The van der Waals surface area contributed by atoms with E-state index in [2.05, 4.69) is 5.32 Å². The minimum absolute atomic E-state index is 0.101. The lowest BCUT2D eigenvalue weighted by Gasteiger charge is -2.21. The van der Waals surface area contributed by atoms with Crippen molar-refractivity contribution in [2.24, 2.45) is 5.73 Å². The number of nitrogens with two attached hydrogens (primary N) is 1. The smallest absolute Gasteiger partial charge is 0.408 e. The van der Waals surface area contributed by atoms with E-state index in [1.54, 1.807) is 27.7 Å². The third-order valence-corrected chi connectivity index (χ3v) is 1.35. The second-order valence-electron chi connectivity index (χ2n) is 3.96. The maximum absolute atomic E-state index is 11.2. The van der Waals surface area contributed by atoms with Crippen LogP contribution in [0.4, 0.5) is 4.79 Å². The van der Waals surface area contributed by atoms with Gasteiger partial charge in [0.05, 0.1) is 6.04 Å². The van der Waals surface area contributed by atoms with Gasteiger partial charge < -0.3 is 20.9 Å². The zero-order valence-corrected chi connectivity index (χ0v) is 9.00. The van der Waals surface area contributed by atoms with Crippen molar-refractivity contribution in [3.63, 3.8) is 0 Å². The molecule has 0 aromatic heterocycles. The SMILES string of the molecule is CC(NC(=O)OC(C)(C)C)/C(O)=C\N. The lowest BCUT2D eigenvalue weighted by molar-refractivity contribution is 0.0506. The van der Waals surface area contributed by atoms with Gasteiger partial charge in [-0.2, -0.15) is 0 Å². The third kappa shape index (κ3) is 5.29. The van der Waals surface area contributed by atoms with Gasteiger partial charge in [0, 0.05) is 6.20 Å². The summed E-state index contributed by atoms with van der Waals surface area (Å²) in [6.07, 6.45) is 0.445. The molecule has 0 radical (unpaired) electrons. The quantitative estimate of drug-likeness (QED) is 0.588. The molecule has 0 saturated heterocycles. The summed E-state index contributed by atoms with van der Waals surface area (Å²) in [7, 11) is 0. The Balaban J connectivity index is 4.08. The van der Waals surface area contributed by atoms with Crippen molar-refractivity contribution in [1.82, 2.24) is 5.32 Å². The second-order valence-corrected chi connectivity index (χ2v) is 3.96. The van der Waals surface area contributed by atoms with Crippen molar-refractivity contribution in [2.45, 2.75) is 39.3 Å². The fraction of sp³-hybridized carbons (Fsp3) is 0.667. The van der Waals surface area contributed by atoms with Crippen molar-refractivity contribution >= 4 is 6.09 Å².